The molecule has 0 bridgehead atoms. The van der Waals surface area contributed by atoms with Crippen LogP contribution in [0, 0.1) is 0 Å². The molecule has 0 aliphatic carbocycles. The monoisotopic (exact) mass is 248 g/mol. The lowest BCUT2D eigenvalue weighted by atomic mass is 10.1. The van der Waals surface area contributed by atoms with Crippen molar-refractivity contribution >= 4 is 11.3 Å². The summed E-state index contributed by atoms with van der Waals surface area (Å²) in [7, 11) is 1.57. The Balaban J connectivity index is 2.24. The minimum Gasteiger partial charge on any atom is -0.467 e. The van der Waals surface area contributed by atoms with E-state index in [0.29, 0.717) is 11.9 Å². The topological polar surface area (TPSA) is 35.0 Å². The summed E-state index contributed by atoms with van der Waals surface area (Å²) >= 11 is 1.81. The lowest BCUT2D eigenvalue weighted by Gasteiger charge is -2.03. The highest BCUT2D eigenvalue weighted by atomic mass is 32.1. The van der Waals surface area contributed by atoms with Gasteiger partial charge in [0.25, 0.3) is 0 Å². The summed E-state index contributed by atoms with van der Waals surface area (Å²) in [5.74, 6) is 0.618. The summed E-state index contributed by atoms with van der Waals surface area (Å²) in [6, 6.07) is 4.74. The predicted octanol–water partition coefficient (Wildman–Crippen LogP) is 3.73. The molecule has 0 saturated carbocycles. The highest BCUT2D eigenvalue weighted by Gasteiger charge is 2.08. The van der Waals surface area contributed by atoms with Gasteiger partial charge in [0.1, 0.15) is 0 Å². The van der Waals surface area contributed by atoms with E-state index in [1.807, 2.05) is 11.3 Å². The van der Waals surface area contributed by atoms with Crippen LogP contribution in [0.2, 0.25) is 0 Å². The third-order valence-corrected chi connectivity index (χ3v) is 4.19. The maximum absolute atomic E-state index is 4.95. The lowest BCUT2D eigenvalue weighted by molar-refractivity contribution is 0.380. The Labute approximate surface area is 106 Å². The molecule has 0 saturated heterocycles. The molecule has 0 N–H and O–H groups in total. The number of aromatic nitrogens is 2. The maximum atomic E-state index is 4.95. The average molecular weight is 248 g/mol. The van der Waals surface area contributed by atoms with Crippen LogP contribution in [0.5, 0.6) is 6.01 Å². The van der Waals surface area contributed by atoms with Crippen LogP contribution in [0.15, 0.2) is 24.5 Å². The predicted molar refractivity (Wildman–Crippen MR) is 70.6 cm³/mol. The van der Waals surface area contributed by atoms with Gasteiger partial charge in [0.2, 0.25) is 0 Å². The molecular weight excluding hydrogens is 232 g/mol. The molecule has 17 heavy (non-hydrogen) atoms. The number of hydrogen-bond acceptors (Lipinski definition) is 4. The molecule has 2 heterocycles. The largest absolute Gasteiger partial charge is 0.467 e. The standard InChI is InChI=1S/C13H16N2OS/c1-4-9(2)11-5-6-12(17-11)10-7-14-13(16-3)15-8-10/h5-9H,4H2,1-3H3. The first-order chi connectivity index (χ1) is 8.24. The van der Waals surface area contributed by atoms with E-state index < -0.39 is 0 Å². The second-order valence-electron chi connectivity index (χ2n) is 3.97. The van der Waals surface area contributed by atoms with Crippen molar-refractivity contribution in [3.05, 3.63) is 29.4 Å². The second kappa shape index (κ2) is 5.27. The Morgan fingerprint density at radius 2 is 2.00 bits per heavy atom. The molecule has 0 aliphatic heterocycles. The molecule has 2 aromatic rings. The molecule has 0 aromatic carbocycles. The van der Waals surface area contributed by atoms with Crippen molar-refractivity contribution in [2.75, 3.05) is 7.11 Å². The van der Waals surface area contributed by atoms with Gasteiger partial charge in [-0.3, -0.25) is 0 Å². The summed E-state index contributed by atoms with van der Waals surface area (Å²) in [6.07, 6.45) is 4.77. The molecule has 90 valence electrons. The molecule has 0 aliphatic rings. The van der Waals surface area contributed by atoms with E-state index in [1.165, 1.54) is 16.2 Å². The number of rotatable bonds is 4. The molecule has 2 aromatic heterocycles. The number of methoxy groups -OCH3 is 1. The minimum atomic E-state index is 0.410. The first-order valence-electron chi connectivity index (χ1n) is 5.70. The van der Waals surface area contributed by atoms with E-state index in [1.54, 1.807) is 19.5 Å². The fourth-order valence-corrected chi connectivity index (χ4v) is 2.64. The smallest absolute Gasteiger partial charge is 0.316 e. The molecule has 0 amide bonds. The minimum absolute atomic E-state index is 0.410. The van der Waals surface area contributed by atoms with Gasteiger partial charge < -0.3 is 4.74 Å². The van der Waals surface area contributed by atoms with Gasteiger partial charge in [-0.15, -0.1) is 11.3 Å². The normalized spacial score (nSPS) is 12.4. The number of hydrogen-bond donors (Lipinski definition) is 0. The van der Waals surface area contributed by atoms with Gasteiger partial charge in [0.05, 0.1) is 7.11 Å². The highest BCUT2D eigenvalue weighted by molar-refractivity contribution is 7.15. The summed E-state index contributed by atoms with van der Waals surface area (Å²) in [4.78, 5) is 10.9. The van der Waals surface area contributed by atoms with E-state index >= 15 is 0 Å². The SMILES string of the molecule is CCC(C)c1ccc(-c2cnc(OC)nc2)s1. The van der Waals surface area contributed by atoms with Crippen molar-refractivity contribution in [3.63, 3.8) is 0 Å². The molecule has 0 fully saturated rings. The Kier molecular flexibility index (Phi) is 3.74. The first kappa shape index (κ1) is 12.0. The third kappa shape index (κ3) is 2.64. The highest BCUT2D eigenvalue weighted by Crippen LogP contribution is 2.32. The van der Waals surface area contributed by atoms with Crippen LogP contribution >= 0.6 is 11.3 Å². The summed E-state index contributed by atoms with van der Waals surface area (Å²) in [6.45, 7) is 4.46. The Bertz CT molecular complexity index is 478. The van der Waals surface area contributed by atoms with Crippen molar-refractivity contribution in [1.29, 1.82) is 0 Å². The number of nitrogens with zero attached hydrogens (tertiary/aromatic N) is 2. The van der Waals surface area contributed by atoms with E-state index in [4.69, 9.17) is 4.74 Å². The number of ether oxygens (including phenoxy) is 1. The second-order valence-corrected chi connectivity index (χ2v) is 5.09. The number of thiophene rings is 1. The maximum Gasteiger partial charge on any atom is 0.316 e. The summed E-state index contributed by atoms with van der Waals surface area (Å²) < 4.78 is 4.95. The van der Waals surface area contributed by atoms with Crippen molar-refractivity contribution in [2.24, 2.45) is 0 Å². The van der Waals surface area contributed by atoms with Crippen LogP contribution in [0.4, 0.5) is 0 Å². The molecule has 1 atom stereocenters. The van der Waals surface area contributed by atoms with Crippen LogP contribution in [0.25, 0.3) is 10.4 Å². The van der Waals surface area contributed by atoms with Gasteiger partial charge in [-0.1, -0.05) is 13.8 Å². The van der Waals surface area contributed by atoms with Gasteiger partial charge in [-0.2, -0.15) is 0 Å². The van der Waals surface area contributed by atoms with Gasteiger partial charge in [-0.05, 0) is 24.5 Å². The molecule has 4 heteroatoms. The van der Waals surface area contributed by atoms with E-state index in [0.717, 1.165) is 5.56 Å². The zero-order valence-electron chi connectivity index (χ0n) is 10.3. The van der Waals surface area contributed by atoms with Crippen molar-refractivity contribution in [3.8, 4) is 16.5 Å². The average Bonchev–Trinajstić information content (AvgIpc) is 2.87. The molecule has 0 spiro atoms. The van der Waals surface area contributed by atoms with Crippen LogP contribution < -0.4 is 4.74 Å². The van der Waals surface area contributed by atoms with Crippen LogP contribution in [-0.2, 0) is 0 Å². The Hall–Kier alpha value is -1.42. The Morgan fingerprint density at radius 1 is 1.29 bits per heavy atom. The summed E-state index contributed by atoms with van der Waals surface area (Å²) in [5.41, 5.74) is 1.05. The van der Waals surface area contributed by atoms with Crippen LogP contribution in [0.1, 0.15) is 31.1 Å². The zero-order valence-corrected chi connectivity index (χ0v) is 11.1. The third-order valence-electron chi connectivity index (χ3n) is 2.82. The lowest BCUT2D eigenvalue weighted by Crippen LogP contribution is -1.90. The molecule has 1 unspecified atom stereocenters. The van der Waals surface area contributed by atoms with Crippen molar-refractivity contribution in [2.45, 2.75) is 26.2 Å². The quantitative estimate of drug-likeness (QED) is 0.827. The van der Waals surface area contributed by atoms with E-state index in [-0.39, 0.29) is 0 Å². The summed E-state index contributed by atoms with van der Waals surface area (Å²) in [5, 5.41) is 0. The molecule has 3 nitrogen and oxygen atoms in total. The molecule has 2 rings (SSSR count). The van der Waals surface area contributed by atoms with Crippen molar-refractivity contribution in [1.82, 2.24) is 9.97 Å². The van der Waals surface area contributed by atoms with E-state index in [2.05, 4.69) is 35.9 Å². The molecular formula is C13H16N2OS. The zero-order chi connectivity index (χ0) is 12.3. The first-order valence-corrected chi connectivity index (χ1v) is 6.52. The fraction of sp³-hybridized carbons (Fsp3) is 0.385. The van der Waals surface area contributed by atoms with Gasteiger partial charge in [-0.25, -0.2) is 9.97 Å². The Morgan fingerprint density at radius 3 is 2.59 bits per heavy atom. The van der Waals surface area contributed by atoms with Crippen LogP contribution in [-0.4, -0.2) is 17.1 Å². The van der Waals surface area contributed by atoms with Gasteiger partial charge >= 0.3 is 6.01 Å². The van der Waals surface area contributed by atoms with Gasteiger partial charge in [0, 0.05) is 27.7 Å². The van der Waals surface area contributed by atoms with Crippen LogP contribution in [0.3, 0.4) is 0 Å². The molecule has 0 radical (unpaired) electrons. The fourth-order valence-electron chi connectivity index (χ4n) is 1.52. The van der Waals surface area contributed by atoms with Crippen molar-refractivity contribution < 1.29 is 4.74 Å². The van der Waals surface area contributed by atoms with Gasteiger partial charge in [0.15, 0.2) is 0 Å². The van der Waals surface area contributed by atoms with E-state index in [9.17, 15) is 0 Å².